The molecule has 0 aromatic carbocycles. The summed E-state index contributed by atoms with van der Waals surface area (Å²) < 4.78 is 31.5. The minimum atomic E-state index is -3.47. The largest absolute Gasteiger partial charge is 0.481 e. The van der Waals surface area contributed by atoms with Gasteiger partial charge in [0.05, 0.1) is 13.3 Å². The molecule has 1 aromatic rings. The molecule has 0 amide bonds. The van der Waals surface area contributed by atoms with Crippen molar-refractivity contribution in [2.24, 2.45) is 5.92 Å². The van der Waals surface area contributed by atoms with Crippen molar-refractivity contribution in [1.29, 1.82) is 0 Å². The lowest BCUT2D eigenvalue weighted by Crippen LogP contribution is -2.26. The third kappa shape index (κ3) is 3.89. The summed E-state index contributed by atoms with van der Waals surface area (Å²) in [6.45, 7) is 2.46. The zero-order valence-corrected chi connectivity index (χ0v) is 11.7. The van der Waals surface area contributed by atoms with E-state index in [4.69, 9.17) is 4.74 Å². The number of sulfonamides is 1. The molecule has 0 aliphatic carbocycles. The van der Waals surface area contributed by atoms with E-state index in [9.17, 15) is 8.42 Å². The maximum atomic E-state index is 12.0. The molecule has 0 spiro atoms. The van der Waals surface area contributed by atoms with Crippen LogP contribution in [0.4, 0.5) is 0 Å². The van der Waals surface area contributed by atoms with E-state index in [2.05, 4.69) is 15.0 Å². The topological polar surface area (TPSA) is 80.3 Å². The maximum absolute atomic E-state index is 12.0. The van der Waals surface area contributed by atoms with E-state index in [1.165, 1.54) is 25.4 Å². The molecular weight excluding hydrogens is 266 g/mol. The Labute approximate surface area is 113 Å². The first-order valence-electron chi connectivity index (χ1n) is 6.32. The molecule has 7 heteroatoms. The van der Waals surface area contributed by atoms with Gasteiger partial charge in [-0.25, -0.2) is 18.1 Å². The van der Waals surface area contributed by atoms with E-state index in [1.807, 2.05) is 0 Å². The quantitative estimate of drug-likeness (QED) is 0.789. The summed E-state index contributed by atoms with van der Waals surface area (Å²) >= 11 is 0. The van der Waals surface area contributed by atoms with Gasteiger partial charge in [0.25, 0.3) is 0 Å². The molecule has 106 valence electrons. The van der Waals surface area contributed by atoms with E-state index in [0.717, 1.165) is 25.9 Å². The van der Waals surface area contributed by atoms with Gasteiger partial charge in [0, 0.05) is 12.6 Å². The fraction of sp³-hybridized carbons (Fsp3) is 0.583. The van der Waals surface area contributed by atoms with E-state index >= 15 is 0 Å². The molecule has 2 rings (SSSR count). The first kappa shape index (κ1) is 14.2. The third-order valence-corrected chi connectivity index (χ3v) is 4.68. The van der Waals surface area contributed by atoms with Crippen molar-refractivity contribution in [3.8, 4) is 5.88 Å². The first-order chi connectivity index (χ1) is 9.12. The van der Waals surface area contributed by atoms with Crippen LogP contribution in [0.3, 0.4) is 0 Å². The van der Waals surface area contributed by atoms with Crippen LogP contribution in [0.1, 0.15) is 12.8 Å². The fourth-order valence-corrected chi connectivity index (χ4v) is 3.08. The van der Waals surface area contributed by atoms with Gasteiger partial charge in [-0.3, -0.25) is 0 Å². The van der Waals surface area contributed by atoms with Crippen molar-refractivity contribution in [3.05, 3.63) is 18.3 Å². The van der Waals surface area contributed by atoms with Crippen LogP contribution < -0.4 is 14.8 Å². The Kier molecular flexibility index (Phi) is 4.73. The zero-order valence-electron chi connectivity index (χ0n) is 10.9. The van der Waals surface area contributed by atoms with Crippen molar-refractivity contribution >= 4 is 10.0 Å². The second-order valence-electron chi connectivity index (χ2n) is 4.58. The van der Waals surface area contributed by atoms with E-state index < -0.39 is 10.0 Å². The first-order valence-corrected chi connectivity index (χ1v) is 7.80. The van der Waals surface area contributed by atoms with Gasteiger partial charge >= 0.3 is 0 Å². The molecule has 1 atom stereocenters. The Morgan fingerprint density at radius 3 is 2.95 bits per heavy atom. The monoisotopic (exact) mass is 285 g/mol. The number of nitrogens with one attached hydrogen (secondary N) is 2. The second kappa shape index (κ2) is 6.31. The number of nitrogens with zero attached hydrogens (tertiary/aromatic N) is 1. The zero-order chi connectivity index (χ0) is 13.7. The number of pyridine rings is 1. The number of methoxy groups -OCH3 is 1. The Hall–Kier alpha value is -1.18. The number of rotatable bonds is 6. The van der Waals surface area contributed by atoms with Gasteiger partial charge in [-0.15, -0.1) is 0 Å². The molecular formula is C12H19N3O3S. The van der Waals surface area contributed by atoms with Gasteiger partial charge in [0.15, 0.2) is 0 Å². The van der Waals surface area contributed by atoms with Gasteiger partial charge in [0.2, 0.25) is 15.9 Å². The van der Waals surface area contributed by atoms with Crippen LogP contribution in [-0.2, 0) is 10.0 Å². The summed E-state index contributed by atoms with van der Waals surface area (Å²) in [6.07, 6.45) is 3.28. The average molecular weight is 285 g/mol. The maximum Gasteiger partial charge on any atom is 0.242 e. The molecule has 0 saturated carbocycles. The van der Waals surface area contributed by atoms with Gasteiger partial charge in [-0.1, -0.05) is 0 Å². The van der Waals surface area contributed by atoms with Crippen molar-refractivity contribution in [1.82, 2.24) is 15.0 Å². The van der Waals surface area contributed by atoms with Crippen molar-refractivity contribution in [2.45, 2.75) is 17.7 Å². The van der Waals surface area contributed by atoms with Crippen LogP contribution >= 0.6 is 0 Å². The number of aromatic nitrogens is 1. The van der Waals surface area contributed by atoms with Crippen molar-refractivity contribution in [2.75, 3.05) is 26.7 Å². The molecule has 1 fully saturated rings. The van der Waals surface area contributed by atoms with E-state index in [1.54, 1.807) is 0 Å². The molecule has 19 heavy (non-hydrogen) atoms. The van der Waals surface area contributed by atoms with Gasteiger partial charge < -0.3 is 10.1 Å². The molecule has 1 saturated heterocycles. The Morgan fingerprint density at radius 2 is 2.37 bits per heavy atom. The van der Waals surface area contributed by atoms with E-state index in [0.29, 0.717) is 18.3 Å². The Morgan fingerprint density at radius 1 is 1.53 bits per heavy atom. The molecule has 0 bridgehead atoms. The lowest BCUT2D eigenvalue weighted by Gasteiger charge is -2.10. The summed E-state index contributed by atoms with van der Waals surface area (Å²) in [6, 6.07) is 3.03. The Balaban J connectivity index is 1.89. The highest BCUT2D eigenvalue weighted by molar-refractivity contribution is 7.89. The Bertz CT molecular complexity index is 495. The van der Waals surface area contributed by atoms with Crippen molar-refractivity contribution < 1.29 is 13.2 Å². The highest BCUT2D eigenvalue weighted by Crippen LogP contribution is 2.14. The molecule has 2 N–H and O–H groups in total. The highest BCUT2D eigenvalue weighted by atomic mass is 32.2. The van der Waals surface area contributed by atoms with Crippen molar-refractivity contribution in [3.63, 3.8) is 0 Å². The van der Waals surface area contributed by atoms with Crippen LogP contribution in [0.15, 0.2) is 23.2 Å². The second-order valence-corrected chi connectivity index (χ2v) is 6.35. The lowest BCUT2D eigenvalue weighted by atomic mass is 10.1. The molecule has 0 radical (unpaired) electrons. The minimum absolute atomic E-state index is 0.165. The van der Waals surface area contributed by atoms with Gasteiger partial charge in [-0.05, 0) is 37.9 Å². The summed E-state index contributed by atoms with van der Waals surface area (Å²) in [5.74, 6) is 0.965. The average Bonchev–Trinajstić information content (AvgIpc) is 2.92. The highest BCUT2D eigenvalue weighted by Gasteiger charge is 2.17. The molecule has 1 aliphatic rings. The fourth-order valence-electron chi connectivity index (χ4n) is 2.09. The molecule has 1 unspecified atom stereocenters. The molecule has 6 nitrogen and oxygen atoms in total. The summed E-state index contributed by atoms with van der Waals surface area (Å²) in [4.78, 5) is 4.06. The predicted octanol–water partition coefficient (Wildman–Crippen LogP) is 0.368. The molecule has 2 heterocycles. The smallest absolute Gasteiger partial charge is 0.242 e. The van der Waals surface area contributed by atoms with Crippen LogP contribution in [0.5, 0.6) is 5.88 Å². The van der Waals surface area contributed by atoms with E-state index in [-0.39, 0.29) is 4.90 Å². The van der Waals surface area contributed by atoms with Crippen LogP contribution in [0, 0.1) is 5.92 Å². The standard InChI is InChI=1S/C12H19N3O3S/c1-18-12-3-2-11(9-14-12)19(16,17)15-7-5-10-4-6-13-8-10/h2-3,9-10,13,15H,4-8H2,1H3. The van der Waals surface area contributed by atoms with Gasteiger partial charge in [0.1, 0.15) is 4.90 Å². The predicted molar refractivity (Wildman–Crippen MR) is 71.6 cm³/mol. The normalized spacial score (nSPS) is 19.5. The number of hydrogen-bond acceptors (Lipinski definition) is 5. The SMILES string of the molecule is COc1ccc(S(=O)(=O)NCCC2CCNC2)cn1. The summed E-state index contributed by atoms with van der Waals surface area (Å²) in [5, 5.41) is 3.26. The number of ether oxygens (including phenoxy) is 1. The van der Waals surface area contributed by atoms with Gasteiger partial charge in [-0.2, -0.15) is 0 Å². The third-order valence-electron chi connectivity index (χ3n) is 3.24. The van der Waals surface area contributed by atoms with Crippen LogP contribution in [0.2, 0.25) is 0 Å². The number of hydrogen-bond donors (Lipinski definition) is 2. The lowest BCUT2D eigenvalue weighted by molar-refractivity contribution is 0.397. The van der Waals surface area contributed by atoms with Crippen LogP contribution in [-0.4, -0.2) is 40.1 Å². The van der Waals surface area contributed by atoms with Crippen LogP contribution in [0.25, 0.3) is 0 Å². The molecule has 1 aliphatic heterocycles. The minimum Gasteiger partial charge on any atom is -0.481 e. The molecule has 1 aromatic heterocycles. The summed E-state index contributed by atoms with van der Waals surface area (Å²) in [7, 11) is -1.97. The summed E-state index contributed by atoms with van der Waals surface area (Å²) in [5.41, 5.74) is 0.